The van der Waals surface area contributed by atoms with Crippen LogP contribution in [0, 0.1) is 0 Å². The zero-order chi connectivity index (χ0) is 15.2. The molecule has 0 amide bonds. The van der Waals surface area contributed by atoms with Crippen molar-refractivity contribution in [3.05, 3.63) is 23.7 Å². The second-order valence-corrected chi connectivity index (χ2v) is 6.37. The van der Waals surface area contributed by atoms with Crippen molar-refractivity contribution < 1.29 is 22.7 Å². The van der Waals surface area contributed by atoms with E-state index < -0.39 is 16.0 Å². The summed E-state index contributed by atoms with van der Waals surface area (Å²) in [6.45, 7) is 3.75. The van der Waals surface area contributed by atoms with Gasteiger partial charge >= 0.3 is 5.97 Å². The molecule has 1 aromatic heterocycles. The van der Waals surface area contributed by atoms with Crippen molar-refractivity contribution in [1.82, 2.24) is 9.62 Å². The van der Waals surface area contributed by atoms with Crippen LogP contribution in [-0.4, -0.2) is 49.7 Å². The molecule has 7 nitrogen and oxygen atoms in total. The molecule has 0 spiro atoms. The minimum atomic E-state index is -3.14. The molecule has 0 radical (unpaired) electrons. The van der Waals surface area contributed by atoms with E-state index >= 15 is 0 Å². The van der Waals surface area contributed by atoms with Gasteiger partial charge in [-0.3, -0.25) is 0 Å². The van der Waals surface area contributed by atoms with E-state index in [2.05, 4.69) is 5.32 Å². The van der Waals surface area contributed by atoms with E-state index in [-0.39, 0.29) is 5.56 Å². The average Bonchev–Trinajstić information content (AvgIpc) is 2.81. The zero-order valence-corrected chi connectivity index (χ0v) is 12.4. The summed E-state index contributed by atoms with van der Waals surface area (Å²) in [7, 11) is -3.14. The van der Waals surface area contributed by atoms with E-state index in [1.54, 1.807) is 6.92 Å². The van der Waals surface area contributed by atoms with Crippen molar-refractivity contribution in [2.75, 3.05) is 25.9 Å². The van der Waals surface area contributed by atoms with Crippen LogP contribution in [0.25, 0.3) is 0 Å². The van der Waals surface area contributed by atoms with Crippen LogP contribution >= 0.6 is 0 Å². The maximum atomic E-state index is 11.3. The summed E-state index contributed by atoms with van der Waals surface area (Å²) < 4.78 is 29.2. The molecule has 0 atom stereocenters. The van der Waals surface area contributed by atoms with Crippen molar-refractivity contribution in [2.45, 2.75) is 19.9 Å². The number of aromatic carboxylic acids is 1. The minimum absolute atomic E-state index is 0.121. The summed E-state index contributed by atoms with van der Waals surface area (Å²) in [5.41, 5.74) is 0.121. The van der Waals surface area contributed by atoms with Crippen LogP contribution in [0.1, 0.15) is 29.5 Å². The van der Waals surface area contributed by atoms with Crippen LogP contribution in [0.15, 0.2) is 16.7 Å². The highest BCUT2D eigenvalue weighted by Gasteiger charge is 2.13. The first-order valence-corrected chi connectivity index (χ1v) is 8.16. The maximum Gasteiger partial charge on any atom is 0.338 e. The summed E-state index contributed by atoms with van der Waals surface area (Å²) in [6.07, 6.45) is 3.06. The maximum absolute atomic E-state index is 11.3. The molecule has 1 aromatic rings. The average molecular weight is 304 g/mol. The molecule has 0 unspecified atom stereocenters. The molecule has 2 N–H and O–H groups in total. The van der Waals surface area contributed by atoms with Gasteiger partial charge in [-0.15, -0.1) is 0 Å². The van der Waals surface area contributed by atoms with Gasteiger partial charge in [0.25, 0.3) is 0 Å². The Kier molecular flexibility index (Phi) is 6.18. The predicted molar refractivity (Wildman–Crippen MR) is 74.1 cm³/mol. The Labute approximate surface area is 118 Å². The Bertz CT molecular complexity index is 538. The van der Waals surface area contributed by atoms with E-state index in [1.165, 1.54) is 22.9 Å². The molecule has 1 rings (SSSR count). The topological polar surface area (TPSA) is 99.8 Å². The van der Waals surface area contributed by atoms with Crippen LogP contribution < -0.4 is 5.32 Å². The summed E-state index contributed by atoms with van der Waals surface area (Å²) in [5.74, 6) is -0.482. The number of furan rings is 1. The van der Waals surface area contributed by atoms with Crippen molar-refractivity contribution >= 4 is 16.0 Å². The third-order valence-corrected chi connectivity index (χ3v) is 4.16. The van der Waals surface area contributed by atoms with E-state index in [4.69, 9.17) is 9.52 Å². The van der Waals surface area contributed by atoms with Crippen molar-refractivity contribution in [2.24, 2.45) is 0 Å². The van der Waals surface area contributed by atoms with E-state index in [0.29, 0.717) is 38.4 Å². The Morgan fingerprint density at radius 1 is 1.50 bits per heavy atom. The van der Waals surface area contributed by atoms with E-state index in [1.807, 2.05) is 0 Å². The van der Waals surface area contributed by atoms with Crippen molar-refractivity contribution in [3.63, 3.8) is 0 Å². The second kappa shape index (κ2) is 7.41. The Hall–Kier alpha value is -1.38. The first-order valence-electron chi connectivity index (χ1n) is 6.31. The number of sulfonamides is 1. The van der Waals surface area contributed by atoms with Gasteiger partial charge in [0.1, 0.15) is 12.0 Å². The number of rotatable bonds is 9. The number of carbonyl (C=O) groups is 1. The largest absolute Gasteiger partial charge is 0.478 e. The molecule has 20 heavy (non-hydrogen) atoms. The Morgan fingerprint density at radius 2 is 2.20 bits per heavy atom. The highest BCUT2D eigenvalue weighted by molar-refractivity contribution is 7.88. The van der Waals surface area contributed by atoms with E-state index in [0.717, 1.165) is 0 Å². The third kappa shape index (κ3) is 5.32. The molecule has 0 aliphatic carbocycles. The fourth-order valence-corrected chi connectivity index (χ4v) is 2.67. The van der Waals surface area contributed by atoms with Gasteiger partial charge in [-0.05, 0) is 19.0 Å². The molecule has 0 aromatic carbocycles. The van der Waals surface area contributed by atoms with Crippen LogP contribution in [0.5, 0.6) is 0 Å². The van der Waals surface area contributed by atoms with Gasteiger partial charge in [0, 0.05) is 13.1 Å². The number of carboxylic acid groups (broad SMARTS) is 1. The van der Waals surface area contributed by atoms with Gasteiger partial charge in [0.15, 0.2) is 0 Å². The first kappa shape index (κ1) is 16.7. The molecular weight excluding hydrogens is 284 g/mol. The number of hydrogen-bond acceptors (Lipinski definition) is 5. The number of nitrogens with zero attached hydrogens (tertiary/aromatic N) is 1. The van der Waals surface area contributed by atoms with Crippen LogP contribution in [0.2, 0.25) is 0 Å². The van der Waals surface area contributed by atoms with Crippen LogP contribution in [0.3, 0.4) is 0 Å². The van der Waals surface area contributed by atoms with Gasteiger partial charge < -0.3 is 14.8 Å². The minimum Gasteiger partial charge on any atom is -0.478 e. The molecule has 114 valence electrons. The smallest absolute Gasteiger partial charge is 0.338 e. The van der Waals surface area contributed by atoms with Crippen LogP contribution in [-0.2, 0) is 16.6 Å². The van der Waals surface area contributed by atoms with Gasteiger partial charge in [-0.2, -0.15) is 0 Å². The molecule has 0 saturated carbocycles. The second-order valence-electron chi connectivity index (χ2n) is 4.39. The molecule has 8 heteroatoms. The standard InChI is InChI=1S/C12H20N2O5S/c1-3-14(20(2,17)18)6-4-5-13-8-11-7-10(9-19-11)12(15)16/h7,9,13H,3-6,8H2,1-2H3,(H,15,16). The molecule has 0 saturated heterocycles. The highest BCUT2D eigenvalue weighted by atomic mass is 32.2. The van der Waals surface area contributed by atoms with Crippen molar-refractivity contribution in [1.29, 1.82) is 0 Å². The predicted octanol–water partition coefficient (Wildman–Crippen LogP) is 0.739. The lowest BCUT2D eigenvalue weighted by atomic mass is 10.3. The molecule has 1 heterocycles. The lowest BCUT2D eigenvalue weighted by Crippen LogP contribution is -2.32. The molecular formula is C12H20N2O5S. The van der Waals surface area contributed by atoms with Gasteiger partial charge in [0.05, 0.1) is 18.4 Å². The number of carboxylic acids is 1. The lowest BCUT2D eigenvalue weighted by molar-refractivity contribution is 0.0696. The van der Waals surface area contributed by atoms with Gasteiger partial charge in [-0.1, -0.05) is 6.92 Å². The summed E-state index contributed by atoms with van der Waals surface area (Å²) >= 11 is 0. The first-order chi connectivity index (χ1) is 9.34. The van der Waals surface area contributed by atoms with Crippen molar-refractivity contribution in [3.8, 4) is 0 Å². The molecule has 0 aliphatic rings. The highest BCUT2D eigenvalue weighted by Crippen LogP contribution is 2.07. The number of hydrogen-bond donors (Lipinski definition) is 2. The van der Waals surface area contributed by atoms with Gasteiger partial charge in [0.2, 0.25) is 10.0 Å². The SMILES string of the molecule is CCN(CCCNCc1cc(C(=O)O)co1)S(C)(=O)=O. The third-order valence-electron chi connectivity index (χ3n) is 2.78. The summed E-state index contributed by atoms with van der Waals surface area (Å²) in [5, 5.41) is 11.8. The Balaban J connectivity index is 2.26. The summed E-state index contributed by atoms with van der Waals surface area (Å²) in [6, 6.07) is 1.46. The fraction of sp³-hybridized carbons (Fsp3) is 0.583. The zero-order valence-electron chi connectivity index (χ0n) is 11.6. The molecule has 0 bridgehead atoms. The number of nitrogens with one attached hydrogen (secondary N) is 1. The van der Waals surface area contributed by atoms with Gasteiger partial charge in [-0.25, -0.2) is 17.5 Å². The quantitative estimate of drug-likeness (QED) is 0.653. The normalized spacial score (nSPS) is 11.9. The summed E-state index contributed by atoms with van der Waals surface area (Å²) in [4.78, 5) is 10.6. The molecule has 0 fully saturated rings. The lowest BCUT2D eigenvalue weighted by Gasteiger charge is -2.17. The van der Waals surface area contributed by atoms with Crippen LogP contribution in [0.4, 0.5) is 0 Å². The Morgan fingerprint density at radius 3 is 2.70 bits per heavy atom. The van der Waals surface area contributed by atoms with E-state index in [9.17, 15) is 13.2 Å². The fourth-order valence-electron chi connectivity index (χ4n) is 1.74. The molecule has 0 aliphatic heterocycles. The monoisotopic (exact) mass is 304 g/mol.